The maximum Gasteiger partial charge on any atom is 0.0127 e. The van der Waals surface area contributed by atoms with Gasteiger partial charge in [-0.25, -0.2) is 0 Å². The van der Waals surface area contributed by atoms with Gasteiger partial charge in [0.15, 0.2) is 0 Å². The van der Waals surface area contributed by atoms with Crippen LogP contribution in [0.15, 0.2) is 11.3 Å². The highest BCUT2D eigenvalue weighted by Crippen LogP contribution is 2.53. The molecule has 0 aromatic carbocycles. The molecule has 1 N–H and O–H groups in total. The van der Waals surface area contributed by atoms with Gasteiger partial charge in [-0.15, -0.1) is 0 Å². The molecule has 0 heterocycles. The smallest absolute Gasteiger partial charge is 0.0127 e. The minimum Gasteiger partial charge on any atom is -0.391 e. The van der Waals surface area contributed by atoms with E-state index < -0.39 is 0 Å². The van der Waals surface area contributed by atoms with Crippen LogP contribution in [0.1, 0.15) is 60.8 Å². The highest BCUT2D eigenvalue weighted by molar-refractivity contribution is 5.25. The van der Waals surface area contributed by atoms with Crippen molar-refractivity contribution in [3.05, 3.63) is 11.3 Å². The van der Waals surface area contributed by atoms with Gasteiger partial charge in [0.05, 0.1) is 0 Å². The van der Waals surface area contributed by atoms with Gasteiger partial charge >= 0.3 is 0 Å². The molecule has 1 aliphatic rings. The molecule has 16 heavy (non-hydrogen) atoms. The molecule has 0 saturated heterocycles. The molecule has 0 aromatic heterocycles. The predicted molar refractivity (Wildman–Crippen MR) is 72.3 cm³/mol. The SMILES string of the molecule is CN/C(=C1/CCCC(C)(C)C1(C)C)C(C)C. The summed E-state index contributed by atoms with van der Waals surface area (Å²) >= 11 is 0. The van der Waals surface area contributed by atoms with E-state index in [0.717, 1.165) is 0 Å². The Balaban J connectivity index is 3.22. The van der Waals surface area contributed by atoms with Gasteiger partial charge in [0, 0.05) is 12.7 Å². The summed E-state index contributed by atoms with van der Waals surface area (Å²) in [5.74, 6) is 0.605. The molecule has 1 nitrogen and oxygen atoms in total. The van der Waals surface area contributed by atoms with Crippen LogP contribution < -0.4 is 5.32 Å². The average molecular weight is 223 g/mol. The minimum atomic E-state index is 0.313. The normalized spacial score (nSPS) is 26.8. The zero-order chi connectivity index (χ0) is 12.6. The maximum absolute atomic E-state index is 3.44. The molecule has 0 radical (unpaired) electrons. The first-order valence-electron chi connectivity index (χ1n) is 6.65. The lowest BCUT2D eigenvalue weighted by molar-refractivity contribution is 0.103. The molecule has 0 aliphatic heterocycles. The van der Waals surface area contributed by atoms with Gasteiger partial charge in [-0.05, 0) is 41.6 Å². The molecule has 0 aromatic rings. The Bertz CT molecular complexity index is 282. The van der Waals surface area contributed by atoms with Crippen LogP contribution in [-0.2, 0) is 0 Å². The van der Waals surface area contributed by atoms with E-state index in [1.54, 1.807) is 5.57 Å². The third-order valence-corrected chi connectivity index (χ3v) is 4.85. The second-order valence-corrected chi connectivity index (χ2v) is 6.66. The Morgan fingerprint density at radius 1 is 1.19 bits per heavy atom. The highest BCUT2D eigenvalue weighted by atomic mass is 14.8. The summed E-state index contributed by atoms with van der Waals surface area (Å²) in [7, 11) is 2.07. The fourth-order valence-corrected chi connectivity index (χ4v) is 3.00. The van der Waals surface area contributed by atoms with E-state index >= 15 is 0 Å². The second-order valence-electron chi connectivity index (χ2n) is 6.66. The molecule has 1 heteroatoms. The zero-order valence-electron chi connectivity index (χ0n) is 12.2. The van der Waals surface area contributed by atoms with E-state index in [1.165, 1.54) is 25.0 Å². The second kappa shape index (κ2) is 4.43. The Hall–Kier alpha value is -0.460. The van der Waals surface area contributed by atoms with Crippen LogP contribution in [0.25, 0.3) is 0 Å². The monoisotopic (exact) mass is 223 g/mol. The molecule has 0 spiro atoms. The molecule has 94 valence electrons. The molecule has 0 bridgehead atoms. The van der Waals surface area contributed by atoms with Crippen molar-refractivity contribution in [2.24, 2.45) is 16.7 Å². The standard InChI is InChI=1S/C15H29N/c1-11(2)13(16-7)12-9-8-10-14(3,4)15(12,5)6/h11,16H,8-10H2,1-7H3/b13-12-. The quantitative estimate of drug-likeness (QED) is 0.734. The van der Waals surface area contributed by atoms with Crippen LogP contribution in [0.4, 0.5) is 0 Å². The Morgan fingerprint density at radius 2 is 1.75 bits per heavy atom. The summed E-state index contributed by atoms with van der Waals surface area (Å²) in [5.41, 5.74) is 3.85. The van der Waals surface area contributed by atoms with Crippen molar-refractivity contribution >= 4 is 0 Å². The lowest BCUT2D eigenvalue weighted by Crippen LogP contribution is -2.39. The summed E-state index contributed by atoms with van der Waals surface area (Å²) in [4.78, 5) is 0. The van der Waals surface area contributed by atoms with E-state index in [0.29, 0.717) is 16.7 Å². The molecule has 1 fully saturated rings. The van der Waals surface area contributed by atoms with Crippen molar-refractivity contribution in [3.63, 3.8) is 0 Å². The van der Waals surface area contributed by atoms with Crippen molar-refractivity contribution in [2.45, 2.75) is 60.8 Å². The molecule has 1 rings (SSSR count). The third kappa shape index (κ3) is 2.14. The molecule has 1 aliphatic carbocycles. The highest BCUT2D eigenvalue weighted by Gasteiger charge is 2.43. The lowest BCUT2D eigenvalue weighted by atomic mass is 9.56. The Morgan fingerprint density at radius 3 is 2.19 bits per heavy atom. The molecule has 0 atom stereocenters. The van der Waals surface area contributed by atoms with Gasteiger partial charge in [0.1, 0.15) is 0 Å². The predicted octanol–water partition coefficient (Wildman–Crippen LogP) is 4.35. The number of nitrogens with one attached hydrogen (secondary N) is 1. The maximum atomic E-state index is 3.44. The summed E-state index contributed by atoms with van der Waals surface area (Å²) in [6.07, 6.45) is 3.95. The number of rotatable bonds is 2. The first-order chi connectivity index (χ1) is 7.24. The summed E-state index contributed by atoms with van der Waals surface area (Å²) in [5, 5.41) is 3.44. The van der Waals surface area contributed by atoms with Crippen LogP contribution in [-0.4, -0.2) is 7.05 Å². The van der Waals surface area contributed by atoms with Crippen LogP contribution in [0.5, 0.6) is 0 Å². The van der Waals surface area contributed by atoms with E-state index in [1.807, 2.05) is 0 Å². The molecule has 1 saturated carbocycles. The van der Waals surface area contributed by atoms with Gasteiger partial charge in [-0.2, -0.15) is 0 Å². The average Bonchev–Trinajstić information content (AvgIpc) is 2.13. The van der Waals surface area contributed by atoms with Gasteiger partial charge in [0.25, 0.3) is 0 Å². The van der Waals surface area contributed by atoms with Gasteiger partial charge in [0.2, 0.25) is 0 Å². The van der Waals surface area contributed by atoms with E-state index in [2.05, 4.69) is 53.9 Å². The van der Waals surface area contributed by atoms with Gasteiger partial charge < -0.3 is 5.32 Å². The summed E-state index contributed by atoms with van der Waals surface area (Å²) in [6, 6.07) is 0. The van der Waals surface area contributed by atoms with Crippen LogP contribution in [0.3, 0.4) is 0 Å². The van der Waals surface area contributed by atoms with Crippen LogP contribution in [0.2, 0.25) is 0 Å². The Kier molecular flexibility index (Phi) is 3.76. The van der Waals surface area contributed by atoms with Crippen LogP contribution in [0, 0.1) is 16.7 Å². The van der Waals surface area contributed by atoms with Crippen molar-refractivity contribution < 1.29 is 0 Å². The van der Waals surface area contributed by atoms with Gasteiger partial charge in [-0.3, -0.25) is 0 Å². The van der Waals surface area contributed by atoms with E-state index in [9.17, 15) is 0 Å². The number of allylic oxidation sites excluding steroid dienone is 2. The van der Waals surface area contributed by atoms with Crippen molar-refractivity contribution in [1.29, 1.82) is 0 Å². The topological polar surface area (TPSA) is 12.0 Å². The molecular formula is C15H29N. The first-order valence-corrected chi connectivity index (χ1v) is 6.65. The molecule has 0 amide bonds. The van der Waals surface area contributed by atoms with E-state index in [-0.39, 0.29) is 0 Å². The van der Waals surface area contributed by atoms with Crippen molar-refractivity contribution in [3.8, 4) is 0 Å². The summed E-state index contributed by atoms with van der Waals surface area (Å²) < 4.78 is 0. The van der Waals surface area contributed by atoms with Crippen molar-refractivity contribution in [2.75, 3.05) is 7.05 Å². The van der Waals surface area contributed by atoms with Gasteiger partial charge in [-0.1, -0.05) is 41.5 Å². The third-order valence-electron chi connectivity index (χ3n) is 4.85. The fraction of sp³-hybridized carbons (Fsp3) is 0.867. The summed E-state index contributed by atoms with van der Waals surface area (Å²) in [6.45, 7) is 14.2. The zero-order valence-corrected chi connectivity index (χ0v) is 12.2. The molecule has 0 unspecified atom stereocenters. The van der Waals surface area contributed by atoms with Crippen LogP contribution >= 0.6 is 0 Å². The van der Waals surface area contributed by atoms with E-state index in [4.69, 9.17) is 0 Å². The number of hydrogen-bond acceptors (Lipinski definition) is 1. The minimum absolute atomic E-state index is 0.313. The first kappa shape index (κ1) is 13.6. The molecular weight excluding hydrogens is 194 g/mol. The Labute approximate surface area is 102 Å². The number of hydrogen-bond donors (Lipinski definition) is 1. The van der Waals surface area contributed by atoms with Crippen molar-refractivity contribution in [1.82, 2.24) is 5.32 Å². The fourth-order valence-electron chi connectivity index (χ4n) is 3.00. The largest absolute Gasteiger partial charge is 0.391 e. The lowest BCUT2D eigenvalue weighted by Gasteiger charge is -2.49.